The Labute approximate surface area is 211 Å². The summed E-state index contributed by atoms with van der Waals surface area (Å²) >= 11 is 0. The Kier molecular flexibility index (Phi) is 4.75. The summed E-state index contributed by atoms with van der Waals surface area (Å²) in [6.45, 7) is 3.23. The third-order valence-electron chi connectivity index (χ3n) is 7.88. The van der Waals surface area contributed by atoms with Gasteiger partial charge in [0.2, 0.25) is 11.4 Å². The van der Waals surface area contributed by atoms with Crippen LogP contribution in [-0.4, -0.2) is 0 Å². The van der Waals surface area contributed by atoms with Crippen LogP contribution in [0.4, 0.5) is 0 Å². The van der Waals surface area contributed by atoms with E-state index in [0.717, 1.165) is 13.0 Å². The van der Waals surface area contributed by atoms with Gasteiger partial charge in [-0.3, -0.25) is 0 Å². The molecule has 36 heavy (non-hydrogen) atoms. The molecule has 0 unspecified atom stereocenters. The summed E-state index contributed by atoms with van der Waals surface area (Å²) in [5.74, 6) is 0. The van der Waals surface area contributed by atoms with Crippen LogP contribution in [0, 0.1) is 6.92 Å². The molecule has 172 valence electrons. The fraction of sp³-hybridized carbons (Fsp3) is 0.118. The highest BCUT2D eigenvalue weighted by Gasteiger charge is 2.30. The maximum absolute atomic E-state index is 2.43. The van der Waals surface area contributed by atoms with Gasteiger partial charge in [-0.1, -0.05) is 60.7 Å². The molecule has 2 heteroatoms. The molecule has 0 saturated heterocycles. The number of fused-ring (bicyclic) bond motifs is 6. The highest BCUT2D eigenvalue weighted by atomic mass is 15.0. The highest BCUT2D eigenvalue weighted by molar-refractivity contribution is 5.99. The third kappa shape index (κ3) is 3.18. The molecule has 0 spiro atoms. The predicted octanol–water partition coefficient (Wildman–Crippen LogP) is 6.70. The molecule has 2 aromatic heterocycles. The Bertz CT molecular complexity index is 1810. The second-order valence-electron chi connectivity index (χ2n) is 9.95. The van der Waals surface area contributed by atoms with E-state index in [2.05, 4.69) is 133 Å². The Hall–Kier alpha value is -4.30. The van der Waals surface area contributed by atoms with Crippen molar-refractivity contribution in [1.82, 2.24) is 0 Å². The Morgan fingerprint density at radius 3 is 2.00 bits per heavy atom. The number of aromatic nitrogens is 2. The van der Waals surface area contributed by atoms with Crippen molar-refractivity contribution in [1.29, 1.82) is 0 Å². The monoisotopic (exact) mass is 464 g/mol. The molecule has 0 bridgehead atoms. The zero-order chi connectivity index (χ0) is 24.2. The van der Waals surface area contributed by atoms with Gasteiger partial charge in [0.15, 0.2) is 18.9 Å². The van der Waals surface area contributed by atoms with Crippen LogP contribution in [0.2, 0.25) is 0 Å². The maximum atomic E-state index is 2.43. The first kappa shape index (κ1) is 21.0. The van der Waals surface area contributed by atoms with Crippen molar-refractivity contribution in [2.24, 2.45) is 7.05 Å². The molecule has 0 radical (unpaired) electrons. The van der Waals surface area contributed by atoms with Crippen molar-refractivity contribution >= 4 is 21.5 Å². The Balaban J connectivity index is 1.47. The van der Waals surface area contributed by atoms with Gasteiger partial charge in [-0.05, 0) is 63.7 Å². The predicted molar refractivity (Wildman–Crippen MR) is 147 cm³/mol. The van der Waals surface area contributed by atoms with Crippen LogP contribution >= 0.6 is 0 Å². The molecular weight excluding hydrogens is 436 g/mol. The summed E-state index contributed by atoms with van der Waals surface area (Å²) in [4.78, 5) is 0. The molecule has 2 nitrogen and oxygen atoms in total. The van der Waals surface area contributed by atoms with Crippen LogP contribution < -0.4 is 9.13 Å². The number of benzene rings is 4. The molecule has 0 amide bonds. The zero-order valence-electron chi connectivity index (χ0n) is 20.7. The number of hydrogen-bond acceptors (Lipinski definition) is 0. The van der Waals surface area contributed by atoms with Crippen molar-refractivity contribution in [2.75, 3.05) is 0 Å². The smallest absolute Gasteiger partial charge is 0.201 e. The Morgan fingerprint density at radius 1 is 0.639 bits per heavy atom. The second kappa shape index (κ2) is 8.13. The van der Waals surface area contributed by atoms with E-state index < -0.39 is 0 Å². The number of rotatable bonds is 3. The van der Waals surface area contributed by atoms with Crippen LogP contribution in [0.15, 0.2) is 109 Å². The van der Waals surface area contributed by atoms with E-state index in [1.165, 1.54) is 66.3 Å². The average Bonchev–Trinajstić information content (AvgIpc) is 3.30. The molecule has 6 aromatic rings. The van der Waals surface area contributed by atoms with Gasteiger partial charge in [-0.25, -0.2) is 4.57 Å². The SMILES string of the molecule is Cc1c(Cc2cc3ccccc3c3c2C[n+]2ccccc2-3)cc2ccccc2c1-c1cccc[n+]1C. The van der Waals surface area contributed by atoms with Crippen LogP contribution in [0.1, 0.15) is 22.3 Å². The molecule has 4 aromatic carbocycles. The lowest BCUT2D eigenvalue weighted by atomic mass is 9.86. The lowest BCUT2D eigenvalue weighted by Crippen LogP contribution is -2.31. The van der Waals surface area contributed by atoms with Gasteiger partial charge >= 0.3 is 0 Å². The van der Waals surface area contributed by atoms with Gasteiger partial charge in [0, 0.05) is 29.8 Å². The van der Waals surface area contributed by atoms with Crippen LogP contribution in [0.5, 0.6) is 0 Å². The number of nitrogens with zero attached hydrogens (tertiary/aromatic N) is 2. The van der Waals surface area contributed by atoms with Gasteiger partial charge in [0.05, 0.1) is 11.1 Å². The minimum Gasteiger partial charge on any atom is -0.201 e. The average molecular weight is 465 g/mol. The second-order valence-corrected chi connectivity index (χ2v) is 9.95. The van der Waals surface area contributed by atoms with E-state index in [-0.39, 0.29) is 0 Å². The van der Waals surface area contributed by atoms with Crippen molar-refractivity contribution in [3.63, 3.8) is 0 Å². The molecule has 0 N–H and O–H groups in total. The standard InChI is InChI=1S/C34H28N2/c1-23-26(19-24-11-3-5-13-28(24)33(23)31-15-7-9-17-35(31)2)21-27-20-25-12-4-6-14-29(25)34-30(27)22-36-18-10-8-16-32(34)36/h3-20H,21-22H2,1-2H3/q+2. The molecule has 1 aliphatic rings. The van der Waals surface area contributed by atoms with E-state index in [1.54, 1.807) is 0 Å². The van der Waals surface area contributed by atoms with Crippen molar-refractivity contribution < 1.29 is 9.13 Å². The first-order valence-electron chi connectivity index (χ1n) is 12.7. The van der Waals surface area contributed by atoms with E-state index in [9.17, 15) is 0 Å². The summed E-state index contributed by atoms with van der Waals surface area (Å²) in [6.07, 6.45) is 5.27. The first-order chi connectivity index (χ1) is 17.7. The molecule has 0 fully saturated rings. The zero-order valence-corrected chi connectivity index (χ0v) is 20.7. The lowest BCUT2D eigenvalue weighted by Gasteiger charge is -2.16. The summed E-state index contributed by atoms with van der Waals surface area (Å²) in [5, 5.41) is 5.27. The Morgan fingerprint density at radius 2 is 1.25 bits per heavy atom. The highest BCUT2D eigenvalue weighted by Crippen LogP contribution is 2.39. The molecule has 0 atom stereocenters. The first-order valence-corrected chi connectivity index (χ1v) is 12.7. The topological polar surface area (TPSA) is 7.76 Å². The minimum absolute atomic E-state index is 0.919. The van der Waals surface area contributed by atoms with Crippen LogP contribution in [0.3, 0.4) is 0 Å². The molecule has 7 rings (SSSR count). The van der Waals surface area contributed by atoms with Gasteiger partial charge in [-0.2, -0.15) is 4.57 Å². The summed E-state index contributed by atoms with van der Waals surface area (Å²) in [6, 6.07) is 35.5. The van der Waals surface area contributed by atoms with Crippen LogP contribution in [0.25, 0.3) is 44.1 Å². The maximum Gasteiger partial charge on any atom is 0.213 e. The molecule has 0 aliphatic carbocycles. The van der Waals surface area contributed by atoms with E-state index >= 15 is 0 Å². The fourth-order valence-electron chi connectivity index (χ4n) is 6.10. The molecular formula is C34H28N2+2. The van der Waals surface area contributed by atoms with Crippen molar-refractivity contribution in [3.8, 4) is 22.5 Å². The van der Waals surface area contributed by atoms with Gasteiger partial charge in [0.1, 0.15) is 7.05 Å². The summed E-state index contributed by atoms with van der Waals surface area (Å²) in [7, 11) is 2.14. The van der Waals surface area contributed by atoms with Crippen molar-refractivity contribution in [3.05, 3.63) is 132 Å². The van der Waals surface area contributed by atoms with Crippen LogP contribution in [-0.2, 0) is 20.0 Å². The van der Waals surface area contributed by atoms with Gasteiger partial charge < -0.3 is 0 Å². The quantitative estimate of drug-likeness (QED) is 0.257. The normalized spacial score (nSPS) is 12.2. The van der Waals surface area contributed by atoms with E-state index in [1.807, 2.05) is 0 Å². The number of pyridine rings is 2. The summed E-state index contributed by atoms with van der Waals surface area (Å²) < 4.78 is 4.63. The van der Waals surface area contributed by atoms with Gasteiger partial charge in [0.25, 0.3) is 0 Å². The lowest BCUT2D eigenvalue weighted by molar-refractivity contribution is -0.672. The minimum atomic E-state index is 0.919. The largest absolute Gasteiger partial charge is 0.213 e. The van der Waals surface area contributed by atoms with Gasteiger partial charge in [-0.15, -0.1) is 0 Å². The molecule has 1 aliphatic heterocycles. The number of hydrogen-bond donors (Lipinski definition) is 0. The summed E-state index contributed by atoms with van der Waals surface area (Å²) in [5.41, 5.74) is 10.9. The number of aryl methyl sites for hydroxylation is 1. The van der Waals surface area contributed by atoms with E-state index in [0.29, 0.717) is 0 Å². The third-order valence-corrected chi connectivity index (χ3v) is 7.88. The molecule has 3 heterocycles. The fourth-order valence-corrected chi connectivity index (χ4v) is 6.10. The van der Waals surface area contributed by atoms with Crippen molar-refractivity contribution in [2.45, 2.75) is 19.9 Å². The molecule has 0 saturated carbocycles. The van der Waals surface area contributed by atoms with E-state index in [4.69, 9.17) is 0 Å².